The van der Waals surface area contributed by atoms with Crippen LogP contribution in [-0.4, -0.2) is 29.6 Å². The number of phenols is 1. The molecule has 0 radical (unpaired) electrons. The fourth-order valence-corrected chi connectivity index (χ4v) is 4.21. The van der Waals surface area contributed by atoms with Crippen LogP contribution in [0.15, 0.2) is 77.3 Å². The van der Waals surface area contributed by atoms with Gasteiger partial charge in [-0.25, -0.2) is 0 Å². The lowest BCUT2D eigenvalue weighted by atomic mass is 9.91. The van der Waals surface area contributed by atoms with Gasteiger partial charge in [0.05, 0.1) is 19.7 Å². The highest BCUT2D eigenvalue weighted by atomic mass is 79.9. The predicted octanol–water partition coefficient (Wildman–Crippen LogP) is 4.84. The van der Waals surface area contributed by atoms with Crippen LogP contribution >= 0.6 is 15.9 Å². The first-order chi connectivity index (χ1) is 14.1. The maximum Gasteiger partial charge on any atom is 0.319 e. The molecule has 1 heterocycles. The number of carbonyl (C=O) groups is 1. The normalized spacial score (nSPS) is 18.6. The third kappa shape index (κ3) is 3.86. The summed E-state index contributed by atoms with van der Waals surface area (Å²) in [4.78, 5) is 14.4. The first-order valence-electron chi connectivity index (χ1n) is 9.30. The summed E-state index contributed by atoms with van der Waals surface area (Å²) in [6.07, 6.45) is -0.408. The first-order valence-corrected chi connectivity index (χ1v) is 10.1. The Bertz CT molecular complexity index is 1030. The molecule has 5 nitrogen and oxygen atoms in total. The molecule has 1 aliphatic rings. The zero-order chi connectivity index (χ0) is 20.4. The number of carbonyl (C=O) groups excluding carboxylic acids is 1. The average Bonchev–Trinajstić information content (AvgIpc) is 2.74. The summed E-state index contributed by atoms with van der Waals surface area (Å²) in [6, 6.07) is 23.1. The zero-order valence-corrected chi connectivity index (χ0v) is 17.5. The number of halogens is 1. The highest BCUT2D eigenvalue weighted by Gasteiger charge is 2.38. The van der Waals surface area contributed by atoms with E-state index in [0.717, 1.165) is 21.3 Å². The SMILES string of the molecule is COC(=O)CN1[C@H](c2ccccc2)c2cc(Br)ccc2N[C@@H]1c1ccccc1O. The lowest BCUT2D eigenvalue weighted by Crippen LogP contribution is -2.44. The van der Waals surface area contributed by atoms with E-state index in [1.165, 1.54) is 7.11 Å². The molecule has 0 spiro atoms. The Kier molecular flexibility index (Phi) is 5.56. The average molecular weight is 453 g/mol. The van der Waals surface area contributed by atoms with Gasteiger partial charge in [0.2, 0.25) is 0 Å². The zero-order valence-electron chi connectivity index (χ0n) is 15.9. The van der Waals surface area contributed by atoms with E-state index in [0.29, 0.717) is 5.56 Å². The number of benzene rings is 3. The number of rotatable bonds is 4. The van der Waals surface area contributed by atoms with Crippen LogP contribution < -0.4 is 5.32 Å². The largest absolute Gasteiger partial charge is 0.508 e. The fraction of sp³-hybridized carbons (Fsp3) is 0.174. The van der Waals surface area contributed by atoms with Crippen LogP contribution in [-0.2, 0) is 9.53 Å². The molecule has 0 aliphatic carbocycles. The maximum atomic E-state index is 12.3. The summed E-state index contributed by atoms with van der Waals surface area (Å²) >= 11 is 3.57. The van der Waals surface area contributed by atoms with Gasteiger partial charge < -0.3 is 15.2 Å². The van der Waals surface area contributed by atoms with E-state index in [4.69, 9.17) is 4.74 Å². The van der Waals surface area contributed by atoms with Crippen LogP contribution in [0.1, 0.15) is 28.9 Å². The summed E-state index contributed by atoms with van der Waals surface area (Å²) in [5, 5.41) is 14.0. The van der Waals surface area contributed by atoms with Gasteiger partial charge in [-0.3, -0.25) is 9.69 Å². The number of anilines is 1. The molecule has 6 heteroatoms. The number of ether oxygens (including phenoxy) is 1. The minimum atomic E-state index is -0.408. The number of phenolic OH excluding ortho intramolecular Hbond substituents is 1. The van der Waals surface area contributed by atoms with Crippen LogP contribution in [0.5, 0.6) is 5.75 Å². The number of nitrogens with one attached hydrogen (secondary N) is 1. The monoisotopic (exact) mass is 452 g/mol. The molecule has 0 bridgehead atoms. The highest BCUT2D eigenvalue weighted by molar-refractivity contribution is 9.10. The Labute approximate surface area is 178 Å². The maximum absolute atomic E-state index is 12.3. The number of esters is 1. The van der Waals surface area contributed by atoms with Crippen LogP contribution in [0.2, 0.25) is 0 Å². The molecule has 0 saturated heterocycles. The molecule has 0 saturated carbocycles. The highest BCUT2D eigenvalue weighted by Crippen LogP contribution is 2.45. The molecule has 4 rings (SSSR count). The van der Waals surface area contributed by atoms with Crippen molar-refractivity contribution in [2.45, 2.75) is 12.2 Å². The van der Waals surface area contributed by atoms with Crippen LogP contribution in [0, 0.1) is 0 Å². The van der Waals surface area contributed by atoms with Crippen molar-refractivity contribution in [1.29, 1.82) is 0 Å². The Morgan fingerprint density at radius 2 is 1.79 bits per heavy atom. The van der Waals surface area contributed by atoms with Crippen LogP contribution in [0.25, 0.3) is 0 Å². The summed E-state index contributed by atoms with van der Waals surface area (Å²) in [5.41, 5.74) is 3.75. The minimum absolute atomic E-state index is 0.0635. The molecule has 2 N–H and O–H groups in total. The van der Waals surface area contributed by atoms with Gasteiger partial charge in [0.1, 0.15) is 11.9 Å². The molecule has 3 aromatic rings. The summed E-state index contributed by atoms with van der Waals surface area (Å²) < 4.78 is 5.94. The molecule has 0 fully saturated rings. The molecular formula is C23H21BrN2O3. The number of hydrogen-bond acceptors (Lipinski definition) is 5. The van der Waals surface area contributed by atoms with Crippen LogP contribution in [0.3, 0.4) is 0 Å². The van der Waals surface area contributed by atoms with E-state index >= 15 is 0 Å². The second-order valence-electron chi connectivity index (χ2n) is 6.90. The van der Waals surface area contributed by atoms with Crippen molar-refractivity contribution in [3.8, 4) is 5.75 Å². The standard InChI is InChI=1S/C23H21BrN2O3/c1-29-21(28)14-26-22(15-7-3-2-4-8-15)18-13-16(24)11-12-19(18)25-23(26)17-9-5-6-10-20(17)27/h2-13,22-23,25,27H,14H2,1H3/t22-,23+/m1/s1. The number of nitrogens with zero attached hydrogens (tertiary/aromatic N) is 1. The second kappa shape index (κ2) is 8.27. The molecule has 0 amide bonds. The quantitative estimate of drug-likeness (QED) is 0.554. The molecule has 29 heavy (non-hydrogen) atoms. The molecule has 1 aliphatic heterocycles. The Morgan fingerprint density at radius 3 is 2.52 bits per heavy atom. The van der Waals surface area contributed by atoms with Crippen molar-refractivity contribution in [1.82, 2.24) is 4.90 Å². The van der Waals surface area contributed by atoms with E-state index in [1.54, 1.807) is 12.1 Å². The molecular weight excluding hydrogens is 432 g/mol. The number of methoxy groups -OCH3 is 1. The van der Waals surface area contributed by atoms with Gasteiger partial charge in [0, 0.05) is 15.7 Å². The number of para-hydroxylation sites is 1. The van der Waals surface area contributed by atoms with Gasteiger partial charge in [0.25, 0.3) is 0 Å². The van der Waals surface area contributed by atoms with Crippen molar-refractivity contribution >= 4 is 27.6 Å². The van der Waals surface area contributed by atoms with Crippen molar-refractivity contribution in [3.05, 3.63) is 94.0 Å². The van der Waals surface area contributed by atoms with E-state index in [-0.39, 0.29) is 24.3 Å². The van der Waals surface area contributed by atoms with Crippen molar-refractivity contribution in [3.63, 3.8) is 0 Å². The van der Waals surface area contributed by atoms with E-state index in [1.807, 2.05) is 59.5 Å². The van der Waals surface area contributed by atoms with Gasteiger partial charge in [-0.05, 0) is 35.4 Å². The van der Waals surface area contributed by atoms with Crippen molar-refractivity contribution in [2.24, 2.45) is 0 Å². The lowest BCUT2D eigenvalue weighted by Gasteiger charge is -2.44. The molecule has 2 atom stereocenters. The van der Waals surface area contributed by atoms with Crippen LogP contribution in [0.4, 0.5) is 5.69 Å². The summed E-state index contributed by atoms with van der Waals surface area (Å²) in [6.45, 7) is 0.0635. The molecule has 0 aromatic heterocycles. The smallest absolute Gasteiger partial charge is 0.319 e. The van der Waals surface area contributed by atoms with Gasteiger partial charge in [-0.1, -0.05) is 64.5 Å². The Hall–Kier alpha value is -2.83. The van der Waals surface area contributed by atoms with Crippen molar-refractivity contribution < 1.29 is 14.6 Å². The first kappa shape index (κ1) is 19.5. The van der Waals surface area contributed by atoms with E-state index in [2.05, 4.69) is 27.3 Å². The predicted molar refractivity (Wildman–Crippen MR) is 116 cm³/mol. The van der Waals surface area contributed by atoms with Gasteiger partial charge in [-0.15, -0.1) is 0 Å². The Morgan fingerprint density at radius 1 is 1.07 bits per heavy atom. The van der Waals surface area contributed by atoms with E-state index < -0.39 is 6.17 Å². The Balaban J connectivity index is 1.91. The third-order valence-electron chi connectivity index (χ3n) is 5.15. The van der Waals surface area contributed by atoms with Gasteiger partial charge >= 0.3 is 5.97 Å². The number of aromatic hydroxyl groups is 1. The van der Waals surface area contributed by atoms with Gasteiger partial charge in [-0.2, -0.15) is 0 Å². The second-order valence-corrected chi connectivity index (χ2v) is 7.81. The third-order valence-corrected chi connectivity index (χ3v) is 5.64. The summed E-state index contributed by atoms with van der Waals surface area (Å²) in [7, 11) is 1.39. The fourth-order valence-electron chi connectivity index (χ4n) is 3.83. The van der Waals surface area contributed by atoms with Gasteiger partial charge in [0.15, 0.2) is 0 Å². The number of hydrogen-bond donors (Lipinski definition) is 2. The van der Waals surface area contributed by atoms with E-state index in [9.17, 15) is 9.90 Å². The lowest BCUT2D eigenvalue weighted by molar-refractivity contribution is -0.143. The molecule has 0 unspecified atom stereocenters. The molecule has 3 aromatic carbocycles. The van der Waals surface area contributed by atoms with Crippen molar-refractivity contribution in [2.75, 3.05) is 19.0 Å². The molecule has 148 valence electrons. The summed E-state index contributed by atoms with van der Waals surface area (Å²) in [5.74, 6) is -0.168. The minimum Gasteiger partial charge on any atom is -0.508 e. The topological polar surface area (TPSA) is 61.8 Å². The number of fused-ring (bicyclic) bond motifs is 1.